The molecule has 1 aliphatic heterocycles. The van der Waals surface area contributed by atoms with E-state index in [4.69, 9.17) is 4.74 Å². The molecule has 3 atom stereocenters. The fourth-order valence-electron chi connectivity index (χ4n) is 2.55. The first-order valence-electron chi connectivity index (χ1n) is 7.62. The van der Waals surface area contributed by atoms with Gasteiger partial charge < -0.3 is 15.0 Å². The minimum atomic E-state index is -0.197. The maximum Gasteiger partial charge on any atom is 0.239 e. The van der Waals surface area contributed by atoms with Crippen molar-refractivity contribution in [3.8, 4) is 0 Å². The number of morpholine rings is 1. The van der Waals surface area contributed by atoms with Crippen LogP contribution in [0.3, 0.4) is 0 Å². The molecule has 0 radical (unpaired) electrons. The second-order valence-electron chi connectivity index (χ2n) is 5.85. The number of amides is 1. The van der Waals surface area contributed by atoms with Gasteiger partial charge in [0.1, 0.15) is 0 Å². The number of aryl methyl sites for hydroxylation is 1. The molecule has 118 valence electrons. The monoisotopic (exact) mass is 294 g/mol. The molecule has 1 aromatic heterocycles. The number of nitrogens with zero attached hydrogens (tertiary/aromatic N) is 3. The van der Waals surface area contributed by atoms with Crippen molar-refractivity contribution in [3.05, 3.63) is 18.0 Å². The zero-order valence-corrected chi connectivity index (χ0v) is 13.4. The van der Waals surface area contributed by atoms with Gasteiger partial charge in [-0.2, -0.15) is 5.10 Å². The molecule has 2 rings (SSSR count). The molecule has 6 nitrogen and oxygen atoms in total. The van der Waals surface area contributed by atoms with Gasteiger partial charge in [0, 0.05) is 25.3 Å². The molecule has 1 amide bonds. The quantitative estimate of drug-likeness (QED) is 0.879. The Morgan fingerprint density at radius 1 is 1.33 bits per heavy atom. The molecule has 0 saturated carbocycles. The first kappa shape index (κ1) is 16.0. The smallest absolute Gasteiger partial charge is 0.239 e. The second kappa shape index (κ2) is 7.04. The van der Waals surface area contributed by atoms with E-state index in [-0.39, 0.29) is 24.0 Å². The molecule has 0 unspecified atom stereocenters. The number of hydrogen-bond donors (Lipinski definition) is 1. The molecule has 2 heterocycles. The summed E-state index contributed by atoms with van der Waals surface area (Å²) in [4.78, 5) is 14.3. The lowest BCUT2D eigenvalue weighted by Crippen LogP contribution is -2.52. The van der Waals surface area contributed by atoms with Crippen molar-refractivity contribution in [2.24, 2.45) is 0 Å². The van der Waals surface area contributed by atoms with Crippen LogP contribution in [-0.4, -0.2) is 59.0 Å². The van der Waals surface area contributed by atoms with Gasteiger partial charge in [-0.25, -0.2) is 0 Å². The molecule has 1 saturated heterocycles. The fraction of sp³-hybridized carbons (Fsp3) is 0.733. The van der Waals surface area contributed by atoms with Gasteiger partial charge in [-0.1, -0.05) is 0 Å². The molecule has 0 bridgehead atoms. The molecule has 0 spiro atoms. The van der Waals surface area contributed by atoms with Crippen LogP contribution in [0.2, 0.25) is 0 Å². The third kappa shape index (κ3) is 4.04. The summed E-state index contributed by atoms with van der Waals surface area (Å²) in [6.45, 7) is 10.8. The Bertz CT molecular complexity index is 468. The number of carbonyl (C=O) groups excluding carboxylic acids is 1. The van der Waals surface area contributed by atoms with Crippen molar-refractivity contribution in [2.75, 3.05) is 26.3 Å². The summed E-state index contributed by atoms with van der Waals surface area (Å²) in [5.41, 5.74) is 1.14. The highest BCUT2D eigenvalue weighted by Crippen LogP contribution is 2.12. The van der Waals surface area contributed by atoms with Crippen LogP contribution >= 0.6 is 0 Å². The van der Waals surface area contributed by atoms with Crippen LogP contribution in [0, 0.1) is 6.92 Å². The van der Waals surface area contributed by atoms with Crippen LogP contribution in [0.4, 0.5) is 0 Å². The summed E-state index contributed by atoms with van der Waals surface area (Å²) in [6.07, 6.45) is 3.88. The van der Waals surface area contributed by atoms with Crippen molar-refractivity contribution in [1.29, 1.82) is 0 Å². The Kier molecular flexibility index (Phi) is 5.36. The first-order valence-corrected chi connectivity index (χ1v) is 7.62. The van der Waals surface area contributed by atoms with Crippen LogP contribution in [0.25, 0.3) is 0 Å². The summed E-state index contributed by atoms with van der Waals surface area (Å²) in [5, 5.41) is 7.74. The number of aromatic nitrogens is 2. The summed E-state index contributed by atoms with van der Waals surface area (Å²) >= 11 is 0. The van der Waals surface area contributed by atoms with E-state index in [1.807, 2.05) is 35.8 Å². The van der Waals surface area contributed by atoms with Gasteiger partial charge in [-0.3, -0.25) is 9.48 Å². The number of hydrogen-bond acceptors (Lipinski definition) is 4. The van der Waals surface area contributed by atoms with E-state index >= 15 is 0 Å². The topological polar surface area (TPSA) is 59.4 Å². The maximum absolute atomic E-state index is 12.4. The molecule has 1 N–H and O–H groups in total. The van der Waals surface area contributed by atoms with Gasteiger partial charge in [0.15, 0.2) is 0 Å². The van der Waals surface area contributed by atoms with Crippen molar-refractivity contribution < 1.29 is 9.53 Å². The highest BCUT2D eigenvalue weighted by molar-refractivity contribution is 5.81. The number of carbonyl (C=O) groups is 1. The fourth-order valence-corrected chi connectivity index (χ4v) is 2.55. The Morgan fingerprint density at radius 2 is 2.00 bits per heavy atom. The van der Waals surface area contributed by atoms with E-state index in [0.29, 0.717) is 26.3 Å². The Balaban J connectivity index is 1.88. The van der Waals surface area contributed by atoms with Crippen molar-refractivity contribution >= 4 is 5.91 Å². The highest BCUT2D eigenvalue weighted by Gasteiger charge is 2.25. The van der Waals surface area contributed by atoms with Gasteiger partial charge in [0.05, 0.1) is 31.5 Å². The number of rotatable bonds is 5. The predicted octanol–water partition coefficient (Wildman–Crippen LogP) is 0.978. The van der Waals surface area contributed by atoms with E-state index in [1.165, 1.54) is 0 Å². The molecule has 0 aliphatic carbocycles. The van der Waals surface area contributed by atoms with E-state index in [2.05, 4.69) is 24.3 Å². The third-order valence-corrected chi connectivity index (χ3v) is 4.08. The SMILES string of the molecule is Cc1cnn([C@H](C)[C@@H](C)N[C@@H](C)C(=O)N2CCOCC2)c1. The van der Waals surface area contributed by atoms with E-state index in [1.54, 1.807) is 0 Å². The lowest BCUT2D eigenvalue weighted by atomic mass is 10.1. The standard InChI is InChI=1S/C15H26N4O2/c1-11-9-16-19(10-11)14(4)12(2)17-13(3)15(20)18-5-7-21-8-6-18/h9-10,12-14,17H,5-8H2,1-4H3/t12-,13+,14-/m1/s1. The number of ether oxygens (including phenoxy) is 1. The van der Waals surface area contributed by atoms with Crippen LogP contribution in [0.15, 0.2) is 12.4 Å². The Hall–Kier alpha value is -1.40. The zero-order chi connectivity index (χ0) is 15.4. The maximum atomic E-state index is 12.4. The molecular formula is C15H26N4O2. The van der Waals surface area contributed by atoms with E-state index in [0.717, 1.165) is 5.56 Å². The Morgan fingerprint density at radius 3 is 2.57 bits per heavy atom. The summed E-state index contributed by atoms with van der Waals surface area (Å²) in [5.74, 6) is 0.147. The zero-order valence-electron chi connectivity index (χ0n) is 13.4. The minimum Gasteiger partial charge on any atom is -0.378 e. The molecule has 21 heavy (non-hydrogen) atoms. The van der Waals surface area contributed by atoms with Gasteiger partial charge >= 0.3 is 0 Å². The average molecular weight is 294 g/mol. The molecule has 1 fully saturated rings. The average Bonchev–Trinajstić information content (AvgIpc) is 2.93. The molecule has 1 aliphatic rings. The molecular weight excluding hydrogens is 268 g/mol. The van der Waals surface area contributed by atoms with E-state index < -0.39 is 0 Å². The van der Waals surface area contributed by atoms with Gasteiger partial charge in [0.25, 0.3) is 0 Å². The number of nitrogens with one attached hydrogen (secondary N) is 1. The van der Waals surface area contributed by atoms with Gasteiger partial charge in [0.2, 0.25) is 5.91 Å². The van der Waals surface area contributed by atoms with Crippen LogP contribution < -0.4 is 5.32 Å². The van der Waals surface area contributed by atoms with Crippen LogP contribution in [0.1, 0.15) is 32.4 Å². The van der Waals surface area contributed by atoms with Crippen molar-refractivity contribution in [3.63, 3.8) is 0 Å². The summed E-state index contributed by atoms with van der Waals surface area (Å²) in [6, 6.07) is 0.153. The summed E-state index contributed by atoms with van der Waals surface area (Å²) in [7, 11) is 0. The van der Waals surface area contributed by atoms with Crippen molar-refractivity contribution in [1.82, 2.24) is 20.0 Å². The second-order valence-corrected chi connectivity index (χ2v) is 5.85. The Labute approximate surface area is 126 Å². The lowest BCUT2D eigenvalue weighted by molar-refractivity contribution is -0.137. The molecule has 6 heteroatoms. The minimum absolute atomic E-state index is 0.147. The first-order chi connectivity index (χ1) is 9.99. The third-order valence-electron chi connectivity index (χ3n) is 4.08. The normalized spacial score (nSPS) is 20.1. The largest absolute Gasteiger partial charge is 0.378 e. The summed E-state index contributed by atoms with van der Waals surface area (Å²) < 4.78 is 7.23. The van der Waals surface area contributed by atoms with Crippen LogP contribution in [-0.2, 0) is 9.53 Å². The molecule has 0 aromatic carbocycles. The predicted molar refractivity (Wildman–Crippen MR) is 81.1 cm³/mol. The molecule has 1 aromatic rings. The van der Waals surface area contributed by atoms with Crippen molar-refractivity contribution in [2.45, 2.75) is 45.8 Å². The van der Waals surface area contributed by atoms with Gasteiger partial charge in [-0.05, 0) is 33.3 Å². The van der Waals surface area contributed by atoms with E-state index in [9.17, 15) is 4.79 Å². The van der Waals surface area contributed by atoms with Gasteiger partial charge in [-0.15, -0.1) is 0 Å². The van der Waals surface area contributed by atoms with Crippen LogP contribution in [0.5, 0.6) is 0 Å². The highest BCUT2D eigenvalue weighted by atomic mass is 16.5. The lowest BCUT2D eigenvalue weighted by Gasteiger charge is -2.31.